The van der Waals surface area contributed by atoms with Crippen LogP contribution in [0.1, 0.15) is 16.9 Å². The lowest BCUT2D eigenvalue weighted by atomic mass is 10.1. The molecule has 0 aliphatic rings. The maximum Gasteiger partial charge on any atom is 0.134 e. The summed E-state index contributed by atoms with van der Waals surface area (Å²) in [6.07, 6.45) is 0.834. The van der Waals surface area contributed by atoms with Gasteiger partial charge in [-0.3, -0.25) is 0 Å². The molecule has 2 aromatic carbocycles. The van der Waals surface area contributed by atoms with Crippen LogP contribution in [0, 0.1) is 6.92 Å². The van der Waals surface area contributed by atoms with E-state index in [2.05, 4.69) is 65.3 Å². The largest absolute Gasteiger partial charge is 0.461 e. The van der Waals surface area contributed by atoms with E-state index in [4.69, 9.17) is 4.42 Å². The van der Waals surface area contributed by atoms with Gasteiger partial charge in [0.15, 0.2) is 0 Å². The summed E-state index contributed by atoms with van der Waals surface area (Å²) in [5.74, 6) is 1.01. The Bertz CT molecular complexity index is 680. The molecule has 3 rings (SSSR count). The first-order valence-corrected chi connectivity index (χ1v) is 6.73. The molecule has 1 heterocycles. The van der Waals surface area contributed by atoms with Crippen molar-refractivity contribution >= 4 is 26.9 Å². The summed E-state index contributed by atoms with van der Waals surface area (Å²) < 4.78 is 6.95. The topological polar surface area (TPSA) is 13.1 Å². The molecule has 0 atom stereocenters. The zero-order valence-electron chi connectivity index (χ0n) is 10.1. The summed E-state index contributed by atoms with van der Waals surface area (Å²) in [5, 5.41) is 1.18. The van der Waals surface area contributed by atoms with Crippen molar-refractivity contribution in [2.75, 3.05) is 0 Å². The summed E-state index contributed by atoms with van der Waals surface area (Å²) in [6, 6.07) is 16.7. The molecule has 0 radical (unpaired) electrons. The van der Waals surface area contributed by atoms with E-state index in [1.54, 1.807) is 0 Å². The molecule has 3 aromatic rings. The molecule has 0 N–H and O–H groups in total. The van der Waals surface area contributed by atoms with Crippen LogP contribution in [0.5, 0.6) is 0 Å². The normalized spacial score (nSPS) is 11.0. The van der Waals surface area contributed by atoms with Crippen molar-refractivity contribution < 1.29 is 4.42 Å². The van der Waals surface area contributed by atoms with Crippen LogP contribution in [0.3, 0.4) is 0 Å². The Morgan fingerprint density at radius 3 is 2.56 bits per heavy atom. The third kappa shape index (κ3) is 2.34. The number of halogens is 1. The van der Waals surface area contributed by atoms with Gasteiger partial charge in [-0.25, -0.2) is 0 Å². The molecule has 90 valence electrons. The van der Waals surface area contributed by atoms with E-state index in [0.717, 1.165) is 22.2 Å². The predicted octanol–water partition coefficient (Wildman–Crippen LogP) is 5.09. The molecule has 0 aliphatic heterocycles. The molecule has 0 unspecified atom stereocenters. The summed E-state index contributed by atoms with van der Waals surface area (Å²) in [4.78, 5) is 0. The Labute approximate surface area is 115 Å². The third-order valence-corrected chi connectivity index (χ3v) is 3.54. The minimum Gasteiger partial charge on any atom is -0.461 e. The molecular weight excluding hydrogens is 288 g/mol. The fourth-order valence-corrected chi connectivity index (χ4v) is 2.37. The standard InChI is InChI=1S/C16H13BrO/c1-11-2-7-16-13(8-11)10-15(18-16)9-12-3-5-14(17)6-4-12/h2-8,10H,9H2,1H3. The Kier molecular flexibility index (Phi) is 2.96. The lowest BCUT2D eigenvalue weighted by molar-refractivity contribution is 0.563. The highest BCUT2D eigenvalue weighted by molar-refractivity contribution is 9.10. The number of aryl methyl sites for hydroxylation is 1. The SMILES string of the molecule is Cc1ccc2oc(Cc3ccc(Br)cc3)cc2c1. The Balaban J connectivity index is 1.92. The number of fused-ring (bicyclic) bond motifs is 1. The first-order chi connectivity index (χ1) is 8.70. The average molecular weight is 301 g/mol. The lowest BCUT2D eigenvalue weighted by Gasteiger charge is -1.97. The Hall–Kier alpha value is -1.54. The van der Waals surface area contributed by atoms with Crippen molar-refractivity contribution in [3.63, 3.8) is 0 Å². The van der Waals surface area contributed by atoms with Gasteiger partial charge < -0.3 is 4.42 Å². The minimum absolute atomic E-state index is 0.834. The highest BCUT2D eigenvalue weighted by atomic mass is 79.9. The monoisotopic (exact) mass is 300 g/mol. The number of benzene rings is 2. The molecule has 18 heavy (non-hydrogen) atoms. The molecule has 0 saturated carbocycles. The molecule has 1 nitrogen and oxygen atoms in total. The maximum atomic E-state index is 5.85. The zero-order chi connectivity index (χ0) is 12.5. The average Bonchev–Trinajstić information content (AvgIpc) is 2.73. The van der Waals surface area contributed by atoms with E-state index in [9.17, 15) is 0 Å². The van der Waals surface area contributed by atoms with E-state index >= 15 is 0 Å². The summed E-state index contributed by atoms with van der Waals surface area (Å²) in [5.41, 5.74) is 3.49. The third-order valence-electron chi connectivity index (χ3n) is 3.01. The van der Waals surface area contributed by atoms with Crippen LogP contribution in [0.25, 0.3) is 11.0 Å². The van der Waals surface area contributed by atoms with Crippen molar-refractivity contribution in [3.8, 4) is 0 Å². The molecule has 0 fully saturated rings. The summed E-state index contributed by atoms with van der Waals surface area (Å²) in [6.45, 7) is 2.10. The quantitative estimate of drug-likeness (QED) is 0.642. The van der Waals surface area contributed by atoms with Crippen LogP contribution in [0.4, 0.5) is 0 Å². The van der Waals surface area contributed by atoms with Gasteiger partial charge in [-0.05, 0) is 42.8 Å². The molecular formula is C16H13BrO. The highest BCUT2D eigenvalue weighted by Gasteiger charge is 2.04. The van der Waals surface area contributed by atoms with Crippen LogP contribution in [-0.2, 0) is 6.42 Å². The Morgan fingerprint density at radius 1 is 1.00 bits per heavy atom. The second-order valence-corrected chi connectivity index (χ2v) is 5.47. The molecule has 2 heteroatoms. The van der Waals surface area contributed by atoms with Gasteiger partial charge in [-0.15, -0.1) is 0 Å². The van der Waals surface area contributed by atoms with Gasteiger partial charge in [0.1, 0.15) is 11.3 Å². The zero-order valence-corrected chi connectivity index (χ0v) is 11.7. The van der Waals surface area contributed by atoms with Gasteiger partial charge in [0.25, 0.3) is 0 Å². The second kappa shape index (κ2) is 4.62. The van der Waals surface area contributed by atoms with E-state index in [1.165, 1.54) is 16.5 Å². The highest BCUT2D eigenvalue weighted by Crippen LogP contribution is 2.23. The molecule has 0 amide bonds. The first-order valence-electron chi connectivity index (χ1n) is 5.94. The molecule has 1 aromatic heterocycles. The van der Waals surface area contributed by atoms with E-state index < -0.39 is 0 Å². The van der Waals surface area contributed by atoms with Crippen molar-refractivity contribution in [2.45, 2.75) is 13.3 Å². The van der Waals surface area contributed by atoms with Gasteiger partial charge >= 0.3 is 0 Å². The van der Waals surface area contributed by atoms with E-state index in [0.29, 0.717) is 0 Å². The number of furan rings is 1. The smallest absolute Gasteiger partial charge is 0.134 e. The number of hydrogen-bond donors (Lipinski definition) is 0. The van der Waals surface area contributed by atoms with Gasteiger partial charge in [-0.1, -0.05) is 39.7 Å². The van der Waals surface area contributed by atoms with E-state index in [1.807, 2.05) is 6.07 Å². The molecule has 0 spiro atoms. The van der Waals surface area contributed by atoms with Crippen molar-refractivity contribution in [3.05, 3.63) is 69.9 Å². The summed E-state index contributed by atoms with van der Waals surface area (Å²) >= 11 is 3.44. The van der Waals surface area contributed by atoms with Gasteiger partial charge in [0.2, 0.25) is 0 Å². The fourth-order valence-electron chi connectivity index (χ4n) is 2.11. The molecule has 0 aliphatic carbocycles. The van der Waals surface area contributed by atoms with E-state index in [-0.39, 0.29) is 0 Å². The van der Waals surface area contributed by atoms with Crippen LogP contribution >= 0.6 is 15.9 Å². The fraction of sp³-hybridized carbons (Fsp3) is 0.125. The van der Waals surface area contributed by atoms with Crippen LogP contribution < -0.4 is 0 Å². The van der Waals surface area contributed by atoms with Gasteiger partial charge in [0.05, 0.1) is 0 Å². The maximum absolute atomic E-state index is 5.85. The summed E-state index contributed by atoms with van der Waals surface area (Å²) in [7, 11) is 0. The van der Waals surface area contributed by atoms with Crippen molar-refractivity contribution in [2.24, 2.45) is 0 Å². The lowest BCUT2D eigenvalue weighted by Crippen LogP contribution is -1.84. The van der Waals surface area contributed by atoms with Gasteiger partial charge in [0, 0.05) is 16.3 Å². The minimum atomic E-state index is 0.834. The number of hydrogen-bond acceptors (Lipinski definition) is 1. The number of rotatable bonds is 2. The van der Waals surface area contributed by atoms with Crippen molar-refractivity contribution in [1.82, 2.24) is 0 Å². The second-order valence-electron chi connectivity index (χ2n) is 4.56. The van der Waals surface area contributed by atoms with Crippen LogP contribution in [0.2, 0.25) is 0 Å². The Morgan fingerprint density at radius 2 is 1.78 bits per heavy atom. The van der Waals surface area contributed by atoms with Crippen LogP contribution in [0.15, 0.2) is 57.4 Å². The van der Waals surface area contributed by atoms with Crippen LogP contribution in [-0.4, -0.2) is 0 Å². The van der Waals surface area contributed by atoms with Crippen molar-refractivity contribution in [1.29, 1.82) is 0 Å². The van der Waals surface area contributed by atoms with Gasteiger partial charge in [-0.2, -0.15) is 0 Å². The molecule has 0 bridgehead atoms. The predicted molar refractivity (Wildman–Crippen MR) is 77.9 cm³/mol. The molecule has 0 saturated heterocycles. The first kappa shape index (κ1) is 11.5.